The first-order chi connectivity index (χ1) is 17.9. The van der Waals surface area contributed by atoms with E-state index < -0.39 is 0 Å². The quantitative estimate of drug-likeness (QED) is 0.457. The first-order valence-corrected chi connectivity index (χ1v) is 14.5. The summed E-state index contributed by atoms with van der Waals surface area (Å²) in [6.45, 7) is 9.47. The van der Waals surface area contributed by atoms with Crippen LogP contribution in [0.5, 0.6) is 0 Å². The molecule has 1 aromatic heterocycles. The largest absolute Gasteiger partial charge is 0.361 e. The van der Waals surface area contributed by atoms with E-state index in [-0.39, 0.29) is 11.2 Å². The molecule has 1 aliphatic carbocycles. The van der Waals surface area contributed by atoms with Gasteiger partial charge < -0.3 is 20.4 Å². The molecule has 3 aliphatic rings. The lowest BCUT2D eigenvalue weighted by molar-refractivity contribution is 0.355. The van der Waals surface area contributed by atoms with Crippen LogP contribution in [-0.4, -0.2) is 47.8 Å². The van der Waals surface area contributed by atoms with Gasteiger partial charge in [-0.2, -0.15) is 9.97 Å². The van der Waals surface area contributed by atoms with Crippen LogP contribution in [0.1, 0.15) is 70.8 Å². The van der Waals surface area contributed by atoms with Crippen molar-refractivity contribution in [3.63, 3.8) is 0 Å². The molecule has 2 N–H and O–H groups in total. The minimum absolute atomic E-state index is 0.0266. The smallest absolute Gasteiger partial charge is 0.232 e. The molecule has 1 saturated carbocycles. The SMILES string of the molecule is CC1CC(C)CN(c2cc(N3CCCCC3)nc(NC(=S)NCC3(c4ccc(F)cc4)CCCC3)n2)C1. The molecule has 0 amide bonds. The number of rotatable bonds is 6. The predicted octanol–water partition coefficient (Wildman–Crippen LogP) is 5.89. The number of hydrogen-bond donors (Lipinski definition) is 2. The van der Waals surface area contributed by atoms with Gasteiger partial charge in [0.15, 0.2) is 5.11 Å². The highest BCUT2D eigenvalue weighted by atomic mass is 32.1. The van der Waals surface area contributed by atoms with Gasteiger partial charge in [-0.3, -0.25) is 0 Å². The van der Waals surface area contributed by atoms with E-state index in [9.17, 15) is 4.39 Å². The Bertz CT molecular complexity index is 1050. The third-order valence-corrected chi connectivity index (χ3v) is 8.65. The summed E-state index contributed by atoms with van der Waals surface area (Å²) in [6, 6.07) is 9.15. The Labute approximate surface area is 226 Å². The van der Waals surface area contributed by atoms with Gasteiger partial charge in [-0.05, 0) is 80.3 Å². The number of hydrogen-bond acceptors (Lipinski definition) is 5. The van der Waals surface area contributed by atoms with E-state index in [1.807, 2.05) is 12.1 Å². The summed E-state index contributed by atoms with van der Waals surface area (Å²) in [7, 11) is 0. The van der Waals surface area contributed by atoms with Gasteiger partial charge in [0.2, 0.25) is 5.95 Å². The molecule has 3 fully saturated rings. The number of benzene rings is 1. The van der Waals surface area contributed by atoms with Crippen molar-refractivity contribution in [1.82, 2.24) is 15.3 Å². The van der Waals surface area contributed by atoms with Crippen molar-refractivity contribution >= 4 is 34.9 Å². The summed E-state index contributed by atoms with van der Waals surface area (Å²) in [5.74, 6) is 3.62. The summed E-state index contributed by atoms with van der Waals surface area (Å²) < 4.78 is 13.6. The van der Waals surface area contributed by atoms with Crippen LogP contribution in [0.4, 0.5) is 22.0 Å². The molecule has 200 valence electrons. The van der Waals surface area contributed by atoms with Gasteiger partial charge in [0.05, 0.1) is 0 Å². The zero-order valence-corrected chi connectivity index (χ0v) is 23.1. The van der Waals surface area contributed by atoms with Crippen LogP contribution in [0.2, 0.25) is 0 Å². The molecule has 37 heavy (non-hydrogen) atoms. The molecule has 0 radical (unpaired) electrons. The Morgan fingerprint density at radius 3 is 2.22 bits per heavy atom. The van der Waals surface area contributed by atoms with Crippen LogP contribution >= 0.6 is 12.2 Å². The van der Waals surface area contributed by atoms with Crippen LogP contribution < -0.4 is 20.4 Å². The molecule has 3 heterocycles. The highest BCUT2D eigenvalue weighted by molar-refractivity contribution is 7.80. The van der Waals surface area contributed by atoms with Crippen molar-refractivity contribution in [3.8, 4) is 0 Å². The first-order valence-electron chi connectivity index (χ1n) is 14.1. The van der Waals surface area contributed by atoms with Crippen molar-refractivity contribution < 1.29 is 4.39 Å². The molecule has 2 aromatic rings. The first kappa shape index (κ1) is 26.1. The van der Waals surface area contributed by atoms with Crippen molar-refractivity contribution in [2.24, 2.45) is 11.8 Å². The topological polar surface area (TPSA) is 56.3 Å². The van der Waals surface area contributed by atoms with E-state index in [2.05, 4.69) is 40.3 Å². The Balaban J connectivity index is 1.32. The summed E-state index contributed by atoms with van der Waals surface area (Å²) in [4.78, 5) is 14.6. The lowest BCUT2D eigenvalue weighted by atomic mass is 9.79. The maximum Gasteiger partial charge on any atom is 0.232 e. The molecule has 0 spiro atoms. The third-order valence-electron chi connectivity index (χ3n) is 8.40. The van der Waals surface area contributed by atoms with Crippen molar-refractivity contribution in [3.05, 3.63) is 41.7 Å². The number of nitrogens with one attached hydrogen (secondary N) is 2. The fourth-order valence-electron chi connectivity index (χ4n) is 6.59. The Morgan fingerprint density at radius 2 is 1.57 bits per heavy atom. The van der Waals surface area contributed by atoms with Gasteiger partial charge in [-0.15, -0.1) is 0 Å². The molecule has 2 saturated heterocycles. The van der Waals surface area contributed by atoms with Crippen LogP contribution in [0, 0.1) is 17.7 Å². The van der Waals surface area contributed by atoms with E-state index in [0.29, 0.717) is 29.4 Å². The molecular formula is C29H41FN6S. The van der Waals surface area contributed by atoms with E-state index >= 15 is 0 Å². The number of halogens is 1. The van der Waals surface area contributed by atoms with Gasteiger partial charge >= 0.3 is 0 Å². The maximum atomic E-state index is 13.6. The normalized spacial score (nSPS) is 23.6. The number of piperidine rings is 2. The molecule has 6 nitrogen and oxygen atoms in total. The summed E-state index contributed by atoms with van der Waals surface area (Å²) in [5, 5.41) is 7.31. The Morgan fingerprint density at radius 1 is 0.946 bits per heavy atom. The molecule has 5 rings (SSSR count). The van der Waals surface area contributed by atoms with Crippen LogP contribution in [0.25, 0.3) is 0 Å². The predicted molar refractivity (Wildman–Crippen MR) is 154 cm³/mol. The lowest BCUT2D eigenvalue weighted by Gasteiger charge is -2.36. The number of thiocarbonyl (C=S) groups is 1. The van der Waals surface area contributed by atoms with Gasteiger partial charge in [0.25, 0.3) is 0 Å². The zero-order chi connectivity index (χ0) is 25.8. The highest BCUT2D eigenvalue weighted by Gasteiger charge is 2.35. The molecule has 0 bridgehead atoms. The summed E-state index contributed by atoms with van der Waals surface area (Å²) in [6.07, 6.45) is 9.44. The molecule has 2 unspecified atom stereocenters. The van der Waals surface area contributed by atoms with Gasteiger partial charge in [0, 0.05) is 44.2 Å². The van der Waals surface area contributed by atoms with Crippen molar-refractivity contribution in [1.29, 1.82) is 0 Å². The van der Waals surface area contributed by atoms with Crippen LogP contribution in [0.3, 0.4) is 0 Å². The minimum atomic E-state index is -0.193. The fourth-order valence-corrected chi connectivity index (χ4v) is 6.76. The molecule has 8 heteroatoms. The van der Waals surface area contributed by atoms with Gasteiger partial charge in [-0.1, -0.05) is 38.8 Å². The summed E-state index contributed by atoms with van der Waals surface area (Å²) >= 11 is 5.74. The van der Waals surface area contributed by atoms with Gasteiger partial charge in [-0.25, -0.2) is 4.39 Å². The van der Waals surface area contributed by atoms with Crippen molar-refractivity contribution in [2.45, 2.75) is 70.6 Å². The van der Waals surface area contributed by atoms with E-state index in [1.54, 1.807) is 12.1 Å². The highest BCUT2D eigenvalue weighted by Crippen LogP contribution is 2.40. The molecular weight excluding hydrogens is 483 g/mol. The standard InChI is InChI=1S/C29H41FN6S/c1-21-16-22(2)19-36(18-21)26-17-25(35-14-6-3-7-15-35)32-27(33-26)34-28(37)31-20-29(12-4-5-13-29)23-8-10-24(30)11-9-23/h8-11,17,21-22H,3-7,12-16,18-20H2,1-2H3,(H2,31,32,33,34,37). The number of nitrogens with zero attached hydrogens (tertiary/aromatic N) is 4. The third kappa shape index (κ3) is 6.33. The maximum absolute atomic E-state index is 13.6. The second-order valence-corrected chi connectivity index (χ2v) is 12.0. The van der Waals surface area contributed by atoms with Crippen LogP contribution in [0.15, 0.2) is 30.3 Å². The van der Waals surface area contributed by atoms with E-state index in [4.69, 9.17) is 22.2 Å². The average molecular weight is 525 g/mol. The van der Waals surface area contributed by atoms with Crippen molar-refractivity contribution in [2.75, 3.05) is 47.8 Å². The second-order valence-electron chi connectivity index (χ2n) is 11.6. The zero-order valence-electron chi connectivity index (χ0n) is 22.3. The monoisotopic (exact) mass is 524 g/mol. The summed E-state index contributed by atoms with van der Waals surface area (Å²) in [5.41, 5.74) is 1.15. The molecule has 2 atom stereocenters. The Kier molecular flexibility index (Phi) is 8.12. The fraction of sp³-hybridized carbons (Fsp3) is 0.621. The second kappa shape index (κ2) is 11.5. The van der Waals surface area contributed by atoms with E-state index in [0.717, 1.165) is 50.7 Å². The number of aromatic nitrogens is 2. The van der Waals surface area contributed by atoms with Gasteiger partial charge in [0.1, 0.15) is 17.5 Å². The van der Waals surface area contributed by atoms with Crippen LogP contribution in [-0.2, 0) is 5.41 Å². The lowest BCUT2D eigenvalue weighted by Crippen LogP contribution is -2.41. The number of anilines is 3. The van der Waals surface area contributed by atoms with E-state index in [1.165, 1.54) is 44.1 Å². The molecule has 1 aromatic carbocycles. The minimum Gasteiger partial charge on any atom is -0.361 e. The average Bonchev–Trinajstić information content (AvgIpc) is 3.38. The molecule has 2 aliphatic heterocycles. The Hall–Kier alpha value is -2.48.